The number of ether oxygens (including phenoxy) is 2. The van der Waals surface area contributed by atoms with Crippen molar-refractivity contribution in [2.75, 3.05) is 27.3 Å². The zero-order valence-electron chi connectivity index (χ0n) is 19.1. The largest absolute Gasteiger partial charge is 0.497 e. The minimum Gasteiger partial charge on any atom is -0.497 e. The molecule has 4 rings (SSSR count). The Balaban J connectivity index is 1.65. The summed E-state index contributed by atoms with van der Waals surface area (Å²) in [4.78, 5) is 27.5. The van der Waals surface area contributed by atoms with E-state index < -0.39 is 34.5 Å². The first-order valence-electron chi connectivity index (χ1n) is 10.7. The van der Waals surface area contributed by atoms with E-state index >= 15 is 0 Å². The fourth-order valence-corrected chi connectivity index (χ4v) is 6.35. The molecule has 11 heteroatoms. The van der Waals surface area contributed by atoms with Crippen molar-refractivity contribution in [3.63, 3.8) is 0 Å². The Hall–Kier alpha value is -3.46. The Kier molecular flexibility index (Phi) is 7.07. The van der Waals surface area contributed by atoms with Crippen LogP contribution in [0.4, 0.5) is 0 Å². The van der Waals surface area contributed by atoms with Crippen LogP contribution in [0.1, 0.15) is 16.9 Å². The van der Waals surface area contributed by atoms with Gasteiger partial charge in [-0.25, -0.2) is 8.42 Å². The maximum absolute atomic E-state index is 13.7. The van der Waals surface area contributed by atoms with Gasteiger partial charge in [0.15, 0.2) is 0 Å². The molecular weight excluding hydrogens is 490 g/mol. The second-order valence-corrected chi connectivity index (χ2v) is 10.8. The molecule has 0 unspecified atom stereocenters. The quantitative estimate of drug-likeness (QED) is 0.425. The normalized spacial score (nSPS) is 16.0. The Morgan fingerprint density at radius 1 is 1.20 bits per heavy atom. The van der Waals surface area contributed by atoms with Crippen LogP contribution in [-0.4, -0.2) is 62.9 Å². The third-order valence-electron chi connectivity index (χ3n) is 5.89. The summed E-state index contributed by atoms with van der Waals surface area (Å²) in [5.41, 5.74) is 0.798. The average Bonchev–Trinajstić information content (AvgIpc) is 3.48. The molecule has 0 radical (unpaired) electrons. The van der Waals surface area contributed by atoms with Gasteiger partial charge in [-0.2, -0.15) is 9.57 Å². The fourth-order valence-electron chi connectivity index (χ4n) is 4.06. The number of thiophene rings is 1. The predicted octanol–water partition coefficient (Wildman–Crippen LogP) is 2.75. The van der Waals surface area contributed by atoms with Gasteiger partial charge < -0.3 is 14.4 Å². The van der Waals surface area contributed by atoms with Crippen LogP contribution in [0.15, 0.2) is 52.7 Å². The van der Waals surface area contributed by atoms with Crippen molar-refractivity contribution < 1.29 is 27.5 Å². The summed E-state index contributed by atoms with van der Waals surface area (Å²) >= 11 is 1.28. The van der Waals surface area contributed by atoms with Crippen LogP contribution in [0.5, 0.6) is 5.75 Å². The number of carbonyl (C=O) groups is 2. The number of rotatable bonds is 8. The molecule has 0 bridgehead atoms. The smallest absolute Gasteiger partial charge is 0.321 e. The maximum Gasteiger partial charge on any atom is 0.321 e. The van der Waals surface area contributed by atoms with E-state index in [1.54, 1.807) is 34.5 Å². The molecule has 2 aromatic carbocycles. The Labute approximate surface area is 207 Å². The first-order chi connectivity index (χ1) is 16.8. The summed E-state index contributed by atoms with van der Waals surface area (Å²) in [6, 6.07) is 12.7. The standard InChI is InChI=1S/C24H23N3O6S2/c1-32-19-5-3-17-4-6-21(11-18(17)10-19)35(30,31)27(14-23(28)33-2)22-7-8-26(24(22)29)13-16-9-20(12-25)34-15-16/h3-6,9-11,15,22H,7-8,13-14H2,1-2H3/t22-/m0/s1. The maximum atomic E-state index is 13.7. The van der Waals surface area contributed by atoms with Gasteiger partial charge in [0, 0.05) is 13.1 Å². The molecule has 1 amide bonds. The minimum absolute atomic E-state index is 0.0371. The van der Waals surface area contributed by atoms with Crippen molar-refractivity contribution in [1.82, 2.24) is 9.21 Å². The van der Waals surface area contributed by atoms with Crippen LogP contribution in [0.2, 0.25) is 0 Å². The van der Waals surface area contributed by atoms with Crippen molar-refractivity contribution >= 4 is 44.0 Å². The van der Waals surface area contributed by atoms with Gasteiger partial charge in [-0.1, -0.05) is 12.1 Å². The monoisotopic (exact) mass is 513 g/mol. The fraction of sp³-hybridized carbons (Fsp3) is 0.292. The number of benzene rings is 2. The third-order valence-corrected chi connectivity index (χ3v) is 8.63. The van der Waals surface area contributed by atoms with Gasteiger partial charge in [0.05, 0.1) is 19.1 Å². The first kappa shape index (κ1) is 24.7. The lowest BCUT2D eigenvalue weighted by molar-refractivity contribution is -0.141. The zero-order chi connectivity index (χ0) is 25.2. The van der Waals surface area contributed by atoms with E-state index in [4.69, 9.17) is 14.7 Å². The molecule has 182 valence electrons. The lowest BCUT2D eigenvalue weighted by Gasteiger charge is -2.26. The van der Waals surface area contributed by atoms with Gasteiger partial charge in [0.1, 0.15) is 29.3 Å². The highest BCUT2D eigenvalue weighted by molar-refractivity contribution is 7.89. The SMILES string of the molecule is COC(=O)CN([C@H]1CCN(Cc2csc(C#N)c2)C1=O)S(=O)(=O)c1ccc2ccc(OC)cc2c1. The topological polar surface area (TPSA) is 117 Å². The first-order valence-corrected chi connectivity index (χ1v) is 13.0. The van der Waals surface area contributed by atoms with Crippen LogP contribution >= 0.6 is 11.3 Å². The number of fused-ring (bicyclic) bond motifs is 1. The number of nitriles is 1. The molecule has 1 atom stereocenters. The minimum atomic E-state index is -4.23. The number of sulfonamides is 1. The molecule has 0 saturated carbocycles. The molecule has 1 fully saturated rings. The summed E-state index contributed by atoms with van der Waals surface area (Å²) < 4.78 is 38.3. The molecule has 0 aliphatic carbocycles. The van der Waals surface area contributed by atoms with Crippen LogP contribution in [0.25, 0.3) is 10.8 Å². The molecule has 0 spiro atoms. The molecule has 35 heavy (non-hydrogen) atoms. The van der Waals surface area contributed by atoms with Gasteiger partial charge in [0.25, 0.3) is 0 Å². The second kappa shape index (κ2) is 10.0. The van der Waals surface area contributed by atoms with Gasteiger partial charge in [-0.3, -0.25) is 9.59 Å². The zero-order valence-corrected chi connectivity index (χ0v) is 20.8. The molecular formula is C24H23N3O6S2. The van der Waals surface area contributed by atoms with Crippen molar-refractivity contribution in [3.05, 3.63) is 58.3 Å². The summed E-state index contributed by atoms with van der Waals surface area (Å²) in [6.07, 6.45) is 0.228. The average molecular weight is 514 g/mol. The summed E-state index contributed by atoms with van der Waals surface area (Å²) in [5.74, 6) is -0.587. The van der Waals surface area contributed by atoms with E-state index in [0.29, 0.717) is 22.6 Å². The summed E-state index contributed by atoms with van der Waals surface area (Å²) in [6.45, 7) is -0.00496. The van der Waals surface area contributed by atoms with E-state index in [-0.39, 0.29) is 17.9 Å². The molecule has 9 nitrogen and oxygen atoms in total. The van der Waals surface area contributed by atoms with Crippen molar-refractivity contribution in [3.8, 4) is 11.8 Å². The van der Waals surface area contributed by atoms with Crippen molar-refractivity contribution in [2.45, 2.75) is 23.9 Å². The molecule has 1 aliphatic heterocycles. The molecule has 0 N–H and O–H groups in total. The van der Waals surface area contributed by atoms with Gasteiger partial charge in [0.2, 0.25) is 15.9 Å². The van der Waals surface area contributed by atoms with Gasteiger partial charge in [-0.05, 0) is 58.5 Å². The van der Waals surface area contributed by atoms with E-state index in [2.05, 4.69) is 6.07 Å². The highest BCUT2D eigenvalue weighted by Crippen LogP contribution is 2.29. The van der Waals surface area contributed by atoms with E-state index in [1.807, 2.05) is 6.07 Å². The predicted molar refractivity (Wildman–Crippen MR) is 129 cm³/mol. The molecule has 1 aromatic heterocycles. The van der Waals surface area contributed by atoms with Crippen molar-refractivity contribution in [2.24, 2.45) is 0 Å². The second-order valence-electron chi connectivity index (χ2n) is 8.00. The summed E-state index contributed by atoms with van der Waals surface area (Å²) in [5, 5.41) is 12.3. The molecule has 2 heterocycles. The van der Waals surface area contributed by atoms with Crippen LogP contribution in [0, 0.1) is 11.3 Å². The van der Waals surface area contributed by atoms with E-state index in [1.165, 1.54) is 37.7 Å². The number of carbonyl (C=O) groups excluding carboxylic acids is 2. The van der Waals surface area contributed by atoms with Crippen molar-refractivity contribution in [1.29, 1.82) is 5.26 Å². The number of methoxy groups -OCH3 is 2. The highest BCUT2D eigenvalue weighted by atomic mass is 32.2. The van der Waals surface area contributed by atoms with Crippen LogP contribution in [0.3, 0.4) is 0 Å². The number of likely N-dealkylation sites (tertiary alicyclic amines) is 1. The van der Waals surface area contributed by atoms with E-state index in [9.17, 15) is 18.0 Å². The number of amides is 1. The van der Waals surface area contributed by atoms with Gasteiger partial charge >= 0.3 is 5.97 Å². The molecule has 3 aromatic rings. The number of esters is 1. The van der Waals surface area contributed by atoms with Crippen LogP contribution in [-0.2, 0) is 30.9 Å². The van der Waals surface area contributed by atoms with Gasteiger partial charge in [-0.15, -0.1) is 11.3 Å². The number of hydrogen-bond acceptors (Lipinski definition) is 8. The third kappa shape index (κ3) is 5.00. The molecule has 1 saturated heterocycles. The Bertz CT molecular complexity index is 1430. The lowest BCUT2D eigenvalue weighted by atomic mass is 10.1. The summed E-state index contributed by atoms with van der Waals surface area (Å²) in [7, 11) is -1.54. The van der Waals surface area contributed by atoms with E-state index in [0.717, 1.165) is 15.3 Å². The lowest BCUT2D eigenvalue weighted by Crippen LogP contribution is -2.47. The molecule has 1 aliphatic rings. The Morgan fingerprint density at radius 2 is 1.97 bits per heavy atom. The van der Waals surface area contributed by atoms with Crippen LogP contribution < -0.4 is 4.74 Å². The number of hydrogen-bond donors (Lipinski definition) is 0. The Morgan fingerprint density at radius 3 is 2.66 bits per heavy atom. The number of nitrogens with zero attached hydrogens (tertiary/aromatic N) is 3. The highest BCUT2D eigenvalue weighted by Gasteiger charge is 2.43.